The molecule has 0 bridgehead atoms. The van der Waals surface area contributed by atoms with E-state index in [1.165, 1.54) is 11.8 Å². The van der Waals surface area contributed by atoms with Crippen LogP contribution in [0.5, 0.6) is 5.75 Å². The van der Waals surface area contributed by atoms with Gasteiger partial charge in [0.1, 0.15) is 5.75 Å². The van der Waals surface area contributed by atoms with Crippen LogP contribution in [-0.2, 0) is 5.75 Å². The molecule has 0 fully saturated rings. The number of para-hydroxylation sites is 1. The molecule has 0 spiro atoms. The van der Waals surface area contributed by atoms with E-state index in [9.17, 15) is 0 Å². The molecule has 4 rings (SSSR count). The second-order valence-corrected chi connectivity index (χ2v) is 6.85. The number of H-pyrrole nitrogens is 1. The quantitative estimate of drug-likeness (QED) is 0.478. The third-order valence-electron chi connectivity index (χ3n) is 3.72. The van der Waals surface area contributed by atoms with Crippen molar-refractivity contribution in [2.45, 2.75) is 10.9 Å². The van der Waals surface area contributed by atoms with Gasteiger partial charge in [-0.15, -0.1) is 5.10 Å². The summed E-state index contributed by atoms with van der Waals surface area (Å²) in [6, 6.07) is 14.9. The highest BCUT2D eigenvalue weighted by Gasteiger charge is 2.14. The summed E-state index contributed by atoms with van der Waals surface area (Å²) in [7, 11) is 1.61. The van der Waals surface area contributed by atoms with Gasteiger partial charge >= 0.3 is 0 Å². The number of methoxy groups -OCH3 is 1. The van der Waals surface area contributed by atoms with E-state index >= 15 is 0 Å². The minimum atomic E-state index is 0.458. The van der Waals surface area contributed by atoms with Gasteiger partial charge in [-0.05, 0) is 36.4 Å². The molecule has 2 aromatic heterocycles. The van der Waals surface area contributed by atoms with Crippen molar-refractivity contribution in [3.05, 3.63) is 59.4 Å². The molecule has 0 unspecified atom stereocenters. The van der Waals surface area contributed by atoms with Gasteiger partial charge in [0.05, 0.1) is 18.4 Å². The van der Waals surface area contributed by atoms with Crippen molar-refractivity contribution in [3.8, 4) is 28.5 Å². The predicted octanol–water partition coefficient (Wildman–Crippen LogP) is 4.48. The molecule has 4 aromatic rings. The highest BCUT2D eigenvalue weighted by Crippen LogP contribution is 2.28. The molecule has 7 nitrogen and oxygen atoms in total. The van der Waals surface area contributed by atoms with E-state index in [2.05, 4.69) is 25.3 Å². The zero-order valence-corrected chi connectivity index (χ0v) is 15.8. The Labute approximate surface area is 164 Å². The topological polar surface area (TPSA) is 89.7 Å². The van der Waals surface area contributed by atoms with Gasteiger partial charge < -0.3 is 9.26 Å². The van der Waals surface area contributed by atoms with Crippen LogP contribution in [0.3, 0.4) is 0 Å². The van der Waals surface area contributed by atoms with Crippen molar-refractivity contribution in [1.82, 2.24) is 25.3 Å². The molecule has 0 radical (unpaired) electrons. The summed E-state index contributed by atoms with van der Waals surface area (Å²) < 4.78 is 10.7. The van der Waals surface area contributed by atoms with E-state index in [1.54, 1.807) is 7.11 Å². The first kappa shape index (κ1) is 17.6. The molecule has 1 N–H and O–H groups in total. The fourth-order valence-corrected chi connectivity index (χ4v) is 3.19. The summed E-state index contributed by atoms with van der Waals surface area (Å²) in [4.78, 5) is 8.88. The summed E-state index contributed by atoms with van der Waals surface area (Å²) in [6.07, 6.45) is 0. The first-order valence-electron chi connectivity index (χ1n) is 8.00. The summed E-state index contributed by atoms with van der Waals surface area (Å²) in [5.41, 5.74) is 1.69. The monoisotopic (exact) mass is 399 g/mol. The first-order chi connectivity index (χ1) is 13.2. The Morgan fingerprint density at radius 3 is 2.74 bits per heavy atom. The van der Waals surface area contributed by atoms with Crippen LogP contribution in [0.4, 0.5) is 0 Å². The first-order valence-corrected chi connectivity index (χ1v) is 9.36. The molecule has 2 aromatic carbocycles. The Morgan fingerprint density at radius 2 is 1.93 bits per heavy atom. The van der Waals surface area contributed by atoms with Gasteiger partial charge in [-0.1, -0.05) is 40.7 Å². The standard InChI is InChI=1S/C18H14ClN5O2S/c1-25-14-5-3-2-4-13(14)17-20-15(26-24-17)10-27-18-21-16(22-23-18)11-6-8-12(19)9-7-11/h2-9H,10H2,1H3,(H,21,22,23). The van der Waals surface area contributed by atoms with Crippen LogP contribution >= 0.6 is 23.4 Å². The number of hydrogen-bond donors (Lipinski definition) is 1. The molecule has 136 valence electrons. The van der Waals surface area contributed by atoms with Crippen LogP contribution < -0.4 is 4.74 Å². The lowest BCUT2D eigenvalue weighted by Crippen LogP contribution is -1.89. The molecule has 27 heavy (non-hydrogen) atoms. The number of nitrogens with one attached hydrogen (secondary N) is 1. The number of nitrogens with zero attached hydrogens (tertiary/aromatic N) is 4. The van der Waals surface area contributed by atoms with Crippen LogP contribution in [0.2, 0.25) is 5.02 Å². The zero-order valence-electron chi connectivity index (χ0n) is 14.2. The molecule has 0 atom stereocenters. The molecule has 0 aliphatic heterocycles. The molecule has 2 heterocycles. The van der Waals surface area contributed by atoms with Crippen LogP contribution in [0.15, 0.2) is 58.2 Å². The van der Waals surface area contributed by atoms with E-state index in [-0.39, 0.29) is 0 Å². The Kier molecular flexibility index (Phi) is 5.08. The van der Waals surface area contributed by atoms with Crippen molar-refractivity contribution in [2.75, 3.05) is 7.11 Å². The second kappa shape index (κ2) is 7.81. The number of benzene rings is 2. The lowest BCUT2D eigenvalue weighted by atomic mass is 10.2. The van der Waals surface area contributed by atoms with Crippen molar-refractivity contribution < 1.29 is 9.26 Å². The summed E-state index contributed by atoms with van der Waals surface area (Å²) in [6.45, 7) is 0. The maximum Gasteiger partial charge on any atom is 0.237 e. The number of halogens is 1. The van der Waals surface area contributed by atoms with Crippen LogP contribution in [0.25, 0.3) is 22.8 Å². The minimum absolute atomic E-state index is 0.458. The fourth-order valence-electron chi connectivity index (χ4n) is 2.43. The Bertz CT molecular complexity index is 1050. The Balaban J connectivity index is 1.44. The largest absolute Gasteiger partial charge is 0.496 e. The predicted molar refractivity (Wildman–Crippen MR) is 103 cm³/mol. The van der Waals surface area contributed by atoms with E-state index in [0.717, 1.165) is 11.1 Å². The fraction of sp³-hybridized carbons (Fsp3) is 0.111. The van der Waals surface area contributed by atoms with E-state index in [0.29, 0.717) is 39.2 Å². The average Bonchev–Trinajstić information content (AvgIpc) is 3.36. The molecule has 0 saturated heterocycles. The number of aromatic amines is 1. The van der Waals surface area contributed by atoms with Gasteiger partial charge in [0.15, 0.2) is 5.82 Å². The highest BCUT2D eigenvalue weighted by molar-refractivity contribution is 7.98. The number of thioether (sulfide) groups is 1. The van der Waals surface area contributed by atoms with Crippen molar-refractivity contribution in [1.29, 1.82) is 0 Å². The maximum atomic E-state index is 5.91. The summed E-state index contributed by atoms with van der Waals surface area (Å²) in [5.74, 6) is 2.80. The van der Waals surface area contributed by atoms with Gasteiger partial charge in [-0.2, -0.15) is 4.98 Å². The highest BCUT2D eigenvalue weighted by atomic mass is 35.5. The number of rotatable bonds is 6. The number of hydrogen-bond acceptors (Lipinski definition) is 7. The molecule has 0 saturated carbocycles. The average molecular weight is 400 g/mol. The molecule has 0 aliphatic carbocycles. The molecular formula is C18H14ClN5O2S. The maximum absolute atomic E-state index is 5.91. The molecular weight excluding hydrogens is 386 g/mol. The van der Waals surface area contributed by atoms with Gasteiger partial charge in [-0.3, -0.25) is 5.10 Å². The van der Waals surface area contributed by atoms with Gasteiger partial charge in [0.25, 0.3) is 0 Å². The van der Waals surface area contributed by atoms with Gasteiger partial charge in [0, 0.05) is 10.6 Å². The van der Waals surface area contributed by atoms with E-state index in [1.807, 2.05) is 48.5 Å². The van der Waals surface area contributed by atoms with Crippen molar-refractivity contribution in [2.24, 2.45) is 0 Å². The number of aromatic nitrogens is 5. The minimum Gasteiger partial charge on any atom is -0.496 e. The smallest absolute Gasteiger partial charge is 0.237 e. The lowest BCUT2D eigenvalue weighted by molar-refractivity contribution is 0.390. The lowest BCUT2D eigenvalue weighted by Gasteiger charge is -2.02. The second-order valence-electron chi connectivity index (χ2n) is 5.47. The van der Waals surface area contributed by atoms with Gasteiger partial charge in [0.2, 0.25) is 16.9 Å². The van der Waals surface area contributed by atoms with Gasteiger partial charge in [-0.25, -0.2) is 4.98 Å². The third-order valence-corrected chi connectivity index (χ3v) is 4.81. The summed E-state index contributed by atoms with van der Waals surface area (Å²) in [5, 5.41) is 12.4. The Morgan fingerprint density at radius 1 is 1.11 bits per heavy atom. The van der Waals surface area contributed by atoms with E-state index < -0.39 is 0 Å². The van der Waals surface area contributed by atoms with Crippen molar-refractivity contribution in [3.63, 3.8) is 0 Å². The third kappa shape index (κ3) is 3.96. The van der Waals surface area contributed by atoms with Crippen molar-refractivity contribution >= 4 is 23.4 Å². The zero-order chi connectivity index (χ0) is 18.6. The number of ether oxygens (including phenoxy) is 1. The van der Waals surface area contributed by atoms with Crippen LogP contribution in [0, 0.1) is 0 Å². The molecule has 9 heteroatoms. The summed E-state index contributed by atoms with van der Waals surface area (Å²) >= 11 is 7.31. The van der Waals surface area contributed by atoms with Crippen LogP contribution in [0.1, 0.15) is 5.89 Å². The van der Waals surface area contributed by atoms with Crippen LogP contribution in [-0.4, -0.2) is 32.4 Å². The molecule has 0 aliphatic rings. The molecule has 0 amide bonds. The normalized spacial score (nSPS) is 10.9. The Hall–Kier alpha value is -2.84. The van der Waals surface area contributed by atoms with E-state index in [4.69, 9.17) is 20.9 Å². The SMILES string of the molecule is COc1ccccc1-c1noc(CSc2n[nH]c(-c3ccc(Cl)cc3)n2)n1.